The normalized spacial score (nSPS) is 48.6. The Bertz CT molecular complexity index is 797. The molecule has 5 nitrogen and oxygen atoms in total. The van der Waals surface area contributed by atoms with Gasteiger partial charge in [0.2, 0.25) is 0 Å². The fraction of sp³-hybridized carbons (Fsp3) is 0.750. The van der Waals surface area contributed by atoms with Gasteiger partial charge in [0.1, 0.15) is 0 Å². The maximum absolute atomic E-state index is 13.0. The lowest BCUT2D eigenvalue weighted by Crippen LogP contribution is -2.62. The van der Waals surface area contributed by atoms with Gasteiger partial charge in [0.25, 0.3) is 0 Å². The largest absolute Gasteiger partial charge is 0.461 e. The van der Waals surface area contributed by atoms with Gasteiger partial charge in [-0.2, -0.15) is 0 Å². The van der Waals surface area contributed by atoms with Crippen molar-refractivity contribution < 1.29 is 24.5 Å². The molecule has 8 unspecified atom stereocenters. The molecule has 3 saturated carbocycles. The van der Waals surface area contributed by atoms with E-state index in [0.29, 0.717) is 6.42 Å². The Morgan fingerprint density at radius 1 is 1.31 bits per heavy atom. The minimum atomic E-state index is -1.59. The SMILES string of the molecule is CC(C)OC(=O)C1(O)C(C)CC2C3CCC4=CC(=O)C=CC4(C)C3C(O)CC21C. The van der Waals surface area contributed by atoms with Gasteiger partial charge in [-0.25, -0.2) is 4.79 Å². The molecule has 4 aliphatic rings. The Labute approximate surface area is 173 Å². The number of hydrogen-bond donors (Lipinski definition) is 2. The highest BCUT2D eigenvalue weighted by Crippen LogP contribution is 2.68. The molecule has 0 saturated heterocycles. The standard InChI is InChI=1S/C24H34O5/c1-13(2)29-21(27)24(28)14(3)10-18-17-7-6-15-11-16(25)8-9-22(15,4)20(17)19(26)12-23(18,24)5/h8-9,11,13-14,17-20,26,28H,6-7,10,12H2,1-5H3. The summed E-state index contributed by atoms with van der Waals surface area (Å²) in [5.74, 6) is -0.469. The molecular formula is C24H34O5. The molecule has 0 amide bonds. The molecule has 0 aliphatic heterocycles. The van der Waals surface area contributed by atoms with Crippen LogP contribution in [-0.2, 0) is 14.3 Å². The summed E-state index contributed by atoms with van der Waals surface area (Å²) in [6.07, 6.45) is 7.17. The number of allylic oxidation sites excluding steroid dienone is 4. The van der Waals surface area contributed by atoms with E-state index >= 15 is 0 Å². The second-order valence-corrected chi connectivity index (χ2v) is 10.6. The van der Waals surface area contributed by atoms with Crippen molar-refractivity contribution in [3.63, 3.8) is 0 Å². The minimum Gasteiger partial charge on any atom is -0.461 e. The lowest BCUT2D eigenvalue weighted by atomic mass is 9.46. The lowest BCUT2D eigenvalue weighted by molar-refractivity contribution is -0.205. The fourth-order valence-electron chi connectivity index (χ4n) is 7.40. The molecule has 4 rings (SSSR count). The Morgan fingerprint density at radius 3 is 2.66 bits per heavy atom. The first-order valence-corrected chi connectivity index (χ1v) is 11.0. The predicted octanol–water partition coefficient (Wildman–Crippen LogP) is 3.19. The number of aliphatic hydroxyl groups excluding tert-OH is 1. The fourth-order valence-corrected chi connectivity index (χ4v) is 7.40. The van der Waals surface area contributed by atoms with Gasteiger partial charge in [-0.15, -0.1) is 0 Å². The van der Waals surface area contributed by atoms with Gasteiger partial charge in [-0.3, -0.25) is 4.79 Å². The van der Waals surface area contributed by atoms with E-state index in [1.165, 1.54) is 0 Å². The molecule has 2 N–H and O–H groups in total. The number of rotatable bonds is 2. The third kappa shape index (κ3) is 2.66. The molecule has 0 aromatic carbocycles. The molecule has 3 fully saturated rings. The van der Waals surface area contributed by atoms with Crippen LogP contribution in [0.4, 0.5) is 0 Å². The van der Waals surface area contributed by atoms with Gasteiger partial charge in [0.15, 0.2) is 11.4 Å². The number of aliphatic hydroxyl groups is 2. The first-order valence-electron chi connectivity index (χ1n) is 11.0. The van der Waals surface area contributed by atoms with Crippen molar-refractivity contribution in [3.05, 3.63) is 23.8 Å². The van der Waals surface area contributed by atoms with Crippen LogP contribution in [0.2, 0.25) is 0 Å². The van der Waals surface area contributed by atoms with Crippen molar-refractivity contribution in [2.24, 2.45) is 34.5 Å². The van der Waals surface area contributed by atoms with Crippen LogP contribution >= 0.6 is 0 Å². The summed E-state index contributed by atoms with van der Waals surface area (Å²) in [7, 11) is 0. The maximum Gasteiger partial charge on any atom is 0.339 e. The number of carbonyl (C=O) groups excluding carboxylic acids is 2. The molecule has 0 radical (unpaired) electrons. The van der Waals surface area contributed by atoms with Crippen LogP contribution in [0.5, 0.6) is 0 Å². The van der Waals surface area contributed by atoms with Crippen LogP contribution in [0.3, 0.4) is 0 Å². The highest BCUT2D eigenvalue weighted by atomic mass is 16.6. The van der Waals surface area contributed by atoms with Crippen LogP contribution < -0.4 is 0 Å². The van der Waals surface area contributed by atoms with Crippen molar-refractivity contribution >= 4 is 11.8 Å². The Kier molecular flexibility index (Phi) is 4.67. The molecule has 0 heterocycles. The van der Waals surface area contributed by atoms with Crippen molar-refractivity contribution in [2.75, 3.05) is 0 Å². The third-order valence-electron chi connectivity index (χ3n) is 8.73. The number of hydrogen-bond acceptors (Lipinski definition) is 5. The summed E-state index contributed by atoms with van der Waals surface area (Å²) < 4.78 is 5.48. The van der Waals surface area contributed by atoms with Crippen LogP contribution in [0, 0.1) is 34.5 Å². The monoisotopic (exact) mass is 402 g/mol. The van der Waals surface area contributed by atoms with Gasteiger partial charge >= 0.3 is 5.97 Å². The van der Waals surface area contributed by atoms with Crippen LogP contribution in [0.25, 0.3) is 0 Å². The summed E-state index contributed by atoms with van der Waals surface area (Å²) >= 11 is 0. The van der Waals surface area contributed by atoms with Crippen molar-refractivity contribution in [1.82, 2.24) is 0 Å². The maximum atomic E-state index is 13.0. The van der Waals surface area contributed by atoms with Gasteiger partial charge in [0.05, 0.1) is 12.2 Å². The Hall–Kier alpha value is -1.46. The smallest absolute Gasteiger partial charge is 0.339 e. The zero-order chi connectivity index (χ0) is 21.4. The molecular weight excluding hydrogens is 368 g/mol. The summed E-state index contributed by atoms with van der Waals surface area (Å²) in [5.41, 5.74) is -1.57. The molecule has 0 aromatic rings. The first kappa shape index (κ1) is 20.8. The molecule has 160 valence electrons. The van der Waals surface area contributed by atoms with E-state index < -0.39 is 23.1 Å². The summed E-state index contributed by atoms with van der Waals surface area (Å²) in [4.78, 5) is 24.9. The molecule has 29 heavy (non-hydrogen) atoms. The number of fused-ring (bicyclic) bond motifs is 5. The predicted molar refractivity (Wildman–Crippen MR) is 109 cm³/mol. The molecule has 0 aromatic heterocycles. The lowest BCUT2D eigenvalue weighted by Gasteiger charge is -2.59. The second kappa shape index (κ2) is 6.52. The van der Waals surface area contributed by atoms with E-state index in [-0.39, 0.29) is 41.0 Å². The van der Waals surface area contributed by atoms with E-state index in [0.717, 1.165) is 24.8 Å². The first-order chi connectivity index (χ1) is 13.4. The van der Waals surface area contributed by atoms with Gasteiger partial charge in [-0.05, 0) is 69.4 Å². The molecule has 0 bridgehead atoms. The number of carbonyl (C=O) groups is 2. The minimum absolute atomic E-state index is 0.0133. The number of ether oxygens (including phenoxy) is 1. The average molecular weight is 403 g/mol. The van der Waals surface area contributed by atoms with E-state index in [1.807, 2.05) is 19.9 Å². The third-order valence-corrected chi connectivity index (χ3v) is 8.73. The number of ketones is 1. The van der Waals surface area contributed by atoms with E-state index in [9.17, 15) is 19.8 Å². The molecule has 8 atom stereocenters. The second-order valence-electron chi connectivity index (χ2n) is 10.6. The molecule has 0 spiro atoms. The zero-order valence-corrected chi connectivity index (χ0v) is 18.1. The highest BCUT2D eigenvalue weighted by molar-refractivity contribution is 6.01. The van der Waals surface area contributed by atoms with Crippen molar-refractivity contribution in [3.8, 4) is 0 Å². The van der Waals surface area contributed by atoms with Crippen LogP contribution in [-0.4, -0.2) is 39.8 Å². The molecule has 5 heteroatoms. The van der Waals surface area contributed by atoms with E-state index in [1.54, 1.807) is 26.0 Å². The Morgan fingerprint density at radius 2 is 2.00 bits per heavy atom. The van der Waals surface area contributed by atoms with Crippen molar-refractivity contribution in [2.45, 2.75) is 78.1 Å². The van der Waals surface area contributed by atoms with Gasteiger partial charge < -0.3 is 14.9 Å². The Balaban J connectivity index is 1.74. The summed E-state index contributed by atoms with van der Waals surface area (Å²) in [6.45, 7) is 9.61. The van der Waals surface area contributed by atoms with Gasteiger partial charge in [-0.1, -0.05) is 32.4 Å². The van der Waals surface area contributed by atoms with E-state index in [4.69, 9.17) is 4.74 Å². The average Bonchev–Trinajstić information content (AvgIpc) is 2.82. The topological polar surface area (TPSA) is 83.8 Å². The summed E-state index contributed by atoms with van der Waals surface area (Å²) in [6, 6.07) is 0. The van der Waals surface area contributed by atoms with E-state index in [2.05, 4.69) is 6.92 Å². The van der Waals surface area contributed by atoms with Crippen molar-refractivity contribution in [1.29, 1.82) is 0 Å². The summed E-state index contributed by atoms with van der Waals surface area (Å²) in [5, 5.41) is 23.1. The quantitative estimate of drug-likeness (QED) is 0.693. The molecule has 4 aliphatic carbocycles. The highest BCUT2D eigenvalue weighted by Gasteiger charge is 2.71. The van der Waals surface area contributed by atoms with Gasteiger partial charge in [0, 0.05) is 16.7 Å². The number of esters is 1. The van der Waals surface area contributed by atoms with Crippen LogP contribution in [0.15, 0.2) is 23.8 Å². The zero-order valence-electron chi connectivity index (χ0n) is 18.1. The van der Waals surface area contributed by atoms with Crippen LogP contribution in [0.1, 0.15) is 60.3 Å².